The highest BCUT2D eigenvalue weighted by Gasteiger charge is 2.33. The SMILES string of the molecule is Cc1noc(C)c1-c1ccc2c(c1)nc([C@@H]1CCC(O)N1)n2C1CCN(S(C)(=O)=O)CC1. The Hall–Kier alpha value is -2.27. The smallest absolute Gasteiger partial charge is 0.211 e. The number of hydrogen-bond donors (Lipinski definition) is 2. The van der Waals surface area contributed by atoms with Crippen molar-refractivity contribution in [1.29, 1.82) is 0 Å². The Kier molecular flexibility index (Phi) is 5.36. The summed E-state index contributed by atoms with van der Waals surface area (Å²) in [5, 5.41) is 17.4. The lowest BCUT2D eigenvalue weighted by Gasteiger charge is -2.32. The molecule has 0 spiro atoms. The average molecular weight is 460 g/mol. The number of aromatic nitrogens is 3. The molecule has 4 heterocycles. The van der Waals surface area contributed by atoms with Gasteiger partial charge in [-0.3, -0.25) is 5.32 Å². The van der Waals surface area contributed by atoms with Crippen LogP contribution in [-0.4, -0.2) is 58.1 Å². The van der Waals surface area contributed by atoms with Crippen LogP contribution in [0.4, 0.5) is 0 Å². The largest absolute Gasteiger partial charge is 0.379 e. The first-order valence-electron chi connectivity index (χ1n) is 11.1. The number of hydrogen-bond acceptors (Lipinski definition) is 7. The van der Waals surface area contributed by atoms with Gasteiger partial charge in [0.1, 0.15) is 17.8 Å². The zero-order chi connectivity index (χ0) is 22.6. The topological polar surface area (TPSA) is 113 Å². The lowest BCUT2D eigenvalue weighted by molar-refractivity contribution is 0.153. The van der Waals surface area contributed by atoms with E-state index in [-0.39, 0.29) is 12.1 Å². The van der Waals surface area contributed by atoms with Crippen molar-refractivity contribution in [2.45, 2.75) is 57.8 Å². The Morgan fingerprint density at radius 2 is 1.91 bits per heavy atom. The van der Waals surface area contributed by atoms with E-state index in [2.05, 4.69) is 33.2 Å². The number of nitrogens with zero attached hydrogens (tertiary/aromatic N) is 4. The first-order valence-corrected chi connectivity index (χ1v) is 12.9. The summed E-state index contributed by atoms with van der Waals surface area (Å²) in [4.78, 5) is 5.01. The molecule has 2 fully saturated rings. The van der Waals surface area contributed by atoms with E-state index in [1.54, 1.807) is 4.31 Å². The number of aliphatic hydroxyl groups excluding tert-OH is 1. The minimum Gasteiger partial charge on any atom is -0.379 e. The summed E-state index contributed by atoms with van der Waals surface area (Å²) >= 11 is 0. The van der Waals surface area contributed by atoms with E-state index in [0.29, 0.717) is 19.5 Å². The van der Waals surface area contributed by atoms with Gasteiger partial charge in [-0.25, -0.2) is 17.7 Å². The summed E-state index contributed by atoms with van der Waals surface area (Å²) < 4.78 is 33.1. The highest BCUT2D eigenvalue weighted by molar-refractivity contribution is 7.88. The second kappa shape index (κ2) is 7.95. The second-order valence-electron chi connectivity index (χ2n) is 8.95. The van der Waals surface area contributed by atoms with Crippen LogP contribution in [0, 0.1) is 13.8 Å². The zero-order valence-corrected chi connectivity index (χ0v) is 19.4. The molecule has 2 aliphatic heterocycles. The number of rotatable bonds is 4. The van der Waals surface area contributed by atoms with Crippen molar-refractivity contribution in [1.82, 2.24) is 24.3 Å². The molecule has 0 radical (unpaired) electrons. The van der Waals surface area contributed by atoms with Crippen molar-refractivity contribution in [2.24, 2.45) is 0 Å². The van der Waals surface area contributed by atoms with E-state index in [4.69, 9.17) is 9.51 Å². The van der Waals surface area contributed by atoms with Crippen LogP contribution in [0.1, 0.15) is 55.0 Å². The Balaban J connectivity index is 1.57. The lowest BCUT2D eigenvalue weighted by atomic mass is 10.0. The number of imidazole rings is 1. The first kappa shape index (κ1) is 21.6. The predicted octanol–water partition coefficient (Wildman–Crippen LogP) is 2.65. The predicted molar refractivity (Wildman–Crippen MR) is 121 cm³/mol. The highest BCUT2D eigenvalue weighted by atomic mass is 32.2. The molecular formula is C22H29N5O4S. The van der Waals surface area contributed by atoms with Crippen molar-refractivity contribution < 1.29 is 18.0 Å². The fourth-order valence-corrected chi connectivity index (χ4v) is 6.03. The van der Waals surface area contributed by atoms with E-state index in [1.807, 2.05) is 13.8 Å². The molecular weight excluding hydrogens is 430 g/mol. The third kappa shape index (κ3) is 3.75. The molecule has 9 nitrogen and oxygen atoms in total. The molecule has 0 amide bonds. The Morgan fingerprint density at radius 1 is 1.16 bits per heavy atom. The van der Waals surface area contributed by atoms with Crippen LogP contribution in [0.5, 0.6) is 0 Å². The van der Waals surface area contributed by atoms with Gasteiger partial charge in [0.25, 0.3) is 0 Å². The molecule has 172 valence electrons. The van der Waals surface area contributed by atoms with Gasteiger partial charge >= 0.3 is 0 Å². The molecule has 32 heavy (non-hydrogen) atoms. The average Bonchev–Trinajstić information content (AvgIpc) is 3.43. The second-order valence-corrected chi connectivity index (χ2v) is 10.9. The number of piperidine rings is 1. The molecule has 0 bridgehead atoms. The Bertz CT molecular complexity index is 1240. The van der Waals surface area contributed by atoms with Crippen molar-refractivity contribution in [3.05, 3.63) is 35.5 Å². The summed E-state index contributed by atoms with van der Waals surface area (Å²) in [6.07, 6.45) is 3.69. The summed E-state index contributed by atoms with van der Waals surface area (Å²) in [7, 11) is -3.18. The fourth-order valence-electron chi connectivity index (χ4n) is 5.16. The van der Waals surface area contributed by atoms with Gasteiger partial charge in [0.15, 0.2) is 0 Å². The fraction of sp³-hybridized carbons (Fsp3) is 0.545. The normalized spacial score (nSPS) is 23.4. The van der Waals surface area contributed by atoms with Gasteiger partial charge in [-0.1, -0.05) is 11.2 Å². The van der Waals surface area contributed by atoms with Crippen LogP contribution in [-0.2, 0) is 10.0 Å². The van der Waals surface area contributed by atoms with Gasteiger partial charge in [0.05, 0.1) is 29.0 Å². The van der Waals surface area contributed by atoms with E-state index in [1.165, 1.54) is 6.26 Å². The molecule has 3 aromatic rings. The van der Waals surface area contributed by atoms with Gasteiger partial charge in [-0.2, -0.15) is 0 Å². The van der Waals surface area contributed by atoms with Crippen LogP contribution in [0.25, 0.3) is 22.2 Å². The van der Waals surface area contributed by atoms with Crippen LogP contribution in [0.3, 0.4) is 0 Å². The first-order chi connectivity index (χ1) is 15.2. The van der Waals surface area contributed by atoms with Crippen LogP contribution >= 0.6 is 0 Å². The van der Waals surface area contributed by atoms with Crippen molar-refractivity contribution in [2.75, 3.05) is 19.3 Å². The Morgan fingerprint density at radius 3 is 2.50 bits per heavy atom. The molecule has 1 unspecified atom stereocenters. The summed E-state index contributed by atoms with van der Waals surface area (Å²) in [5.41, 5.74) is 4.74. The number of aryl methyl sites for hydroxylation is 2. The summed E-state index contributed by atoms with van der Waals surface area (Å²) in [6, 6.07) is 6.34. The Labute approximate surface area is 187 Å². The molecule has 5 rings (SSSR count). The highest BCUT2D eigenvalue weighted by Crippen LogP contribution is 2.37. The maximum atomic E-state index is 12.0. The molecule has 2 saturated heterocycles. The van der Waals surface area contributed by atoms with Crippen molar-refractivity contribution in [3.8, 4) is 11.1 Å². The van der Waals surface area contributed by atoms with Gasteiger partial charge in [0, 0.05) is 24.7 Å². The standard InChI is InChI=1S/C22H29N5O4S/c1-13-21(14(2)31-25-13)15-4-6-19-18(12-15)24-22(17-5-7-20(28)23-17)27(19)16-8-10-26(11-9-16)32(3,29)30/h4,6,12,16-17,20,23,28H,5,7-11H2,1-3H3/t17-,20?/m0/s1. The third-order valence-corrected chi connectivity index (χ3v) is 8.03. The van der Waals surface area contributed by atoms with Gasteiger partial charge in [0.2, 0.25) is 10.0 Å². The zero-order valence-electron chi connectivity index (χ0n) is 18.6. The maximum Gasteiger partial charge on any atom is 0.211 e. The summed E-state index contributed by atoms with van der Waals surface area (Å²) in [5.74, 6) is 1.68. The summed E-state index contributed by atoms with van der Waals surface area (Å²) in [6.45, 7) is 4.84. The van der Waals surface area contributed by atoms with Crippen LogP contribution in [0.15, 0.2) is 22.7 Å². The molecule has 2 aromatic heterocycles. The van der Waals surface area contributed by atoms with Gasteiger partial charge in [-0.15, -0.1) is 0 Å². The van der Waals surface area contributed by atoms with Gasteiger partial charge < -0.3 is 14.2 Å². The molecule has 0 aliphatic carbocycles. The molecule has 10 heteroatoms. The monoisotopic (exact) mass is 459 g/mol. The molecule has 2 N–H and O–H groups in total. The van der Waals surface area contributed by atoms with Crippen molar-refractivity contribution in [3.63, 3.8) is 0 Å². The van der Waals surface area contributed by atoms with E-state index in [9.17, 15) is 13.5 Å². The van der Waals surface area contributed by atoms with Crippen LogP contribution in [0.2, 0.25) is 0 Å². The number of nitrogens with one attached hydrogen (secondary N) is 1. The minimum absolute atomic E-state index is 0.0344. The number of sulfonamides is 1. The van der Waals surface area contributed by atoms with E-state index >= 15 is 0 Å². The molecule has 0 saturated carbocycles. The molecule has 2 aliphatic rings. The lowest BCUT2D eigenvalue weighted by Crippen LogP contribution is -2.39. The third-order valence-electron chi connectivity index (χ3n) is 6.73. The maximum absolute atomic E-state index is 12.0. The molecule has 2 atom stereocenters. The van der Waals surface area contributed by atoms with Crippen LogP contribution < -0.4 is 5.32 Å². The molecule has 1 aromatic carbocycles. The van der Waals surface area contributed by atoms with Crippen molar-refractivity contribution >= 4 is 21.1 Å². The minimum atomic E-state index is -3.18. The number of aliphatic hydroxyl groups is 1. The van der Waals surface area contributed by atoms with E-state index < -0.39 is 16.3 Å². The van der Waals surface area contributed by atoms with E-state index in [0.717, 1.165) is 58.7 Å². The number of benzene rings is 1. The number of fused-ring (bicyclic) bond motifs is 1. The quantitative estimate of drug-likeness (QED) is 0.617. The van der Waals surface area contributed by atoms with Gasteiger partial charge in [-0.05, 0) is 57.2 Å².